The highest BCUT2D eigenvalue weighted by Gasteiger charge is 2.31. The first-order valence-electron chi connectivity index (χ1n) is 6.11. The van der Waals surface area contributed by atoms with Crippen LogP contribution in [0.3, 0.4) is 0 Å². The number of alkyl halides is 3. The maximum absolute atomic E-state index is 12.5. The fourth-order valence-electron chi connectivity index (χ4n) is 2.03. The van der Waals surface area contributed by atoms with Crippen molar-refractivity contribution < 1.29 is 26.4 Å². The fourth-order valence-corrected chi connectivity index (χ4v) is 3.71. The van der Waals surface area contributed by atoms with Crippen LogP contribution in [0.4, 0.5) is 23.7 Å². The quantitative estimate of drug-likeness (QED) is 0.874. The Morgan fingerprint density at radius 1 is 1.29 bits per heavy atom. The molecule has 0 bridgehead atoms. The Balaban J connectivity index is 1.97. The summed E-state index contributed by atoms with van der Waals surface area (Å²) in [4.78, 5) is 11.6. The number of hydrogen-bond acceptors (Lipinski definition) is 3. The Labute approximate surface area is 119 Å². The normalized spacial score (nSPS) is 21.0. The third kappa shape index (κ3) is 4.35. The number of carbonyl (C=O) groups is 1. The number of carbonyl (C=O) groups excluding carboxylic acids is 1. The highest BCUT2D eigenvalue weighted by atomic mass is 32.2. The number of hydrogen-bond donors (Lipinski definition) is 2. The molecule has 0 saturated carbocycles. The van der Waals surface area contributed by atoms with Crippen molar-refractivity contribution in [1.82, 2.24) is 5.32 Å². The van der Waals surface area contributed by atoms with Gasteiger partial charge in [0.1, 0.15) is 0 Å². The Bertz CT molecular complexity index is 643. The van der Waals surface area contributed by atoms with Crippen molar-refractivity contribution in [3.8, 4) is 0 Å². The summed E-state index contributed by atoms with van der Waals surface area (Å²) >= 11 is 0. The maximum atomic E-state index is 12.5. The summed E-state index contributed by atoms with van der Waals surface area (Å²) < 4.78 is 60.0. The zero-order valence-corrected chi connectivity index (χ0v) is 11.6. The van der Waals surface area contributed by atoms with E-state index in [9.17, 15) is 26.4 Å². The summed E-state index contributed by atoms with van der Waals surface area (Å²) in [6.45, 7) is 0. The van der Waals surface area contributed by atoms with Crippen LogP contribution in [0.15, 0.2) is 24.3 Å². The molecule has 1 aromatic carbocycles. The molecule has 1 aromatic rings. The summed E-state index contributed by atoms with van der Waals surface area (Å²) in [5.74, 6) is -0.148. The van der Waals surface area contributed by atoms with Gasteiger partial charge in [-0.1, -0.05) is 6.07 Å². The molecule has 5 nitrogen and oxygen atoms in total. The molecule has 2 amide bonds. The average molecular weight is 322 g/mol. The van der Waals surface area contributed by atoms with Crippen molar-refractivity contribution >= 4 is 21.6 Å². The van der Waals surface area contributed by atoms with Crippen LogP contribution < -0.4 is 10.6 Å². The topological polar surface area (TPSA) is 75.3 Å². The van der Waals surface area contributed by atoms with Crippen LogP contribution >= 0.6 is 0 Å². The van der Waals surface area contributed by atoms with E-state index in [-0.39, 0.29) is 17.2 Å². The number of halogens is 3. The largest absolute Gasteiger partial charge is 0.416 e. The summed E-state index contributed by atoms with van der Waals surface area (Å²) in [6.07, 6.45) is -4.19. The van der Waals surface area contributed by atoms with Crippen molar-refractivity contribution in [1.29, 1.82) is 0 Å². The monoisotopic (exact) mass is 322 g/mol. The molecule has 1 aliphatic heterocycles. The lowest BCUT2D eigenvalue weighted by Gasteiger charge is -2.13. The van der Waals surface area contributed by atoms with Gasteiger partial charge < -0.3 is 10.6 Å². The number of anilines is 1. The molecular formula is C12H13F3N2O3S. The van der Waals surface area contributed by atoms with Gasteiger partial charge in [0.15, 0.2) is 9.84 Å². The van der Waals surface area contributed by atoms with Gasteiger partial charge in [-0.05, 0) is 24.6 Å². The zero-order valence-electron chi connectivity index (χ0n) is 10.8. The van der Waals surface area contributed by atoms with Crippen molar-refractivity contribution in [3.05, 3.63) is 29.8 Å². The third-order valence-corrected chi connectivity index (χ3v) is 4.78. The Hall–Kier alpha value is -1.77. The Morgan fingerprint density at radius 3 is 2.57 bits per heavy atom. The minimum Gasteiger partial charge on any atom is -0.334 e. The van der Waals surface area contributed by atoms with Gasteiger partial charge in [-0.2, -0.15) is 13.2 Å². The minimum absolute atomic E-state index is 0.00149. The molecule has 0 spiro atoms. The van der Waals surface area contributed by atoms with E-state index in [2.05, 4.69) is 10.6 Å². The van der Waals surface area contributed by atoms with E-state index < -0.39 is 33.6 Å². The predicted molar refractivity (Wildman–Crippen MR) is 70.7 cm³/mol. The molecule has 0 aromatic heterocycles. The molecule has 116 valence electrons. The van der Waals surface area contributed by atoms with E-state index in [0.29, 0.717) is 6.42 Å². The van der Waals surface area contributed by atoms with Gasteiger partial charge in [0.05, 0.1) is 17.1 Å². The second-order valence-electron chi connectivity index (χ2n) is 4.78. The second kappa shape index (κ2) is 5.55. The van der Waals surface area contributed by atoms with E-state index in [0.717, 1.165) is 12.1 Å². The van der Waals surface area contributed by atoms with E-state index >= 15 is 0 Å². The van der Waals surface area contributed by atoms with Crippen LogP contribution in [0, 0.1) is 0 Å². The highest BCUT2D eigenvalue weighted by Crippen LogP contribution is 2.30. The van der Waals surface area contributed by atoms with Crippen molar-refractivity contribution in [2.24, 2.45) is 0 Å². The number of sulfone groups is 1. The van der Waals surface area contributed by atoms with Gasteiger partial charge in [0, 0.05) is 11.7 Å². The number of benzene rings is 1. The molecule has 2 N–H and O–H groups in total. The Kier molecular flexibility index (Phi) is 4.13. The number of rotatable bonds is 2. The summed E-state index contributed by atoms with van der Waals surface area (Å²) in [7, 11) is -3.13. The van der Waals surface area contributed by atoms with Crippen molar-refractivity contribution in [3.63, 3.8) is 0 Å². The first-order valence-corrected chi connectivity index (χ1v) is 7.93. The van der Waals surface area contributed by atoms with Crippen LogP contribution in [0.25, 0.3) is 0 Å². The first-order chi connectivity index (χ1) is 9.66. The summed E-state index contributed by atoms with van der Waals surface area (Å²) in [6, 6.07) is 2.97. The van der Waals surface area contributed by atoms with Gasteiger partial charge >= 0.3 is 12.2 Å². The van der Waals surface area contributed by atoms with E-state index in [1.807, 2.05) is 0 Å². The number of nitrogens with one attached hydrogen (secondary N) is 2. The molecule has 1 atom stereocenters. The predicted octanol–water partition coefficient (Wildman–Crippen LogP) is 2.01. The van der Waals surface area contributed by atoms with Gasteiger partial charge in [0.25, 0.3) is 0 Å². The number of urea groups is 1. The second-order valence-corrected chi connectivity index (χ2v) is 7.01. The van der Waals surface area contributed by atoms with Crippen molar-refractivity contribution in [2.75, 3.05) is 16.8 Å². The van der Waals surface area contributed by atoms with Crippen LogP contribution in [-0.2, 0) is 16.0 Å². The zero-order chi connectivity index (χ0) is 15.7. The molecule has 9 heteroatoms. The summed E-state index contributed by atoms with van der Waals surface area (Å²) in [5, 5.41) is 4.69. The van der Waals surface area contributed by atoms with Gasteiger partial charge in [-0.3, -0.25) is 0 Å². The third-order valence-electron chi connectivity index (χ3n) is 3.02. The van der Waals surface area contributed by atoms with Crippen LogP contribution in [0.2, 0.25) is 0 Å². The molecule has 1 saturated heterocycles. The van der Waals surface area contributed by atoms with E-state index in [4.69, 9.17) is 0 Å². The first kappa shape index (κ1) is 15.6. The minimum atomic E-state index is -4.49. The SMILES string of the molecule is O=C(Nc1cccc(C(F)(F)F)c1)NC1CCS(=O)(=O)C1. The van der Waals surface area contributed by atoms with Crippen molar-refractivity contribution in [2.45, 2.75) is 18.6 Å². The smallest absolute Gasteiger partial charge is 0.334 e. The molecule has 1 fully saturated rings. The lowest BCUT2D eigenvalue weighted by atomic mass is 10.2. The van der Waals surface area contributed by atoms with Gasteiger partial charge in [-0.15, -0.1) is 0 Å². The standard InChI is InChI=1S/C12H13F3N2O3S/c13-12(14,15)8-2-1-3-9(6-8)16-11(18)17-10-4-5-21(19,20)7-10/h1-3,6,10H,4-5,7H2,(H2,16,17,18). The average Bonchev–Trinajstić information content (AvgIpc) is 2.67. The summed E-state index contributed by atoms with van der Waals surface area (Å²) in [5.41, 5.74) is -0.882. The molecule has 21 heavy (non-hydrogen) atoms. The molecule has 0 radical (unpaired) electrons. The lowest BCUT2D eigenvalue weighted by molar-refractivity contribution is -0.137. The van der Waals surface area contributed by atoms with Gasteiger partial charge in [-0.25, -0.2) is 13.2 Å². The van der Waals surface area contributed by atoms with E-state index in [1.54, 1.807) is 0 Å². The fraction of sp³-hybridized carbons (Fsp3) is 0.417. The Morgan fingerprint density at radius 2 is 2.00 bits per heavy atom. The molecule has 1 unspecified atom stereocenters. The lowest BCUT2D eigenvalue weighted by Crippen LogP contribution is -2.38. The van der Waals surface area contributed by atoms with E-state index in [1.165, 1.54) is 12.1 Å². The highest BCUT2D eigenvalue weighted by molar-refractivity contribution is 7.91. The molecule has 1 aliphatic rings. The van der Waals surface area contributed by atoms with Crippen LogP contribution in [0.5, 0.6) is 0 Å². The van der Waals surface area contributed by atoms with Gasteiger partial charge in [0.2, 0.25) is 0 Å². The molecule has 1 heterocycles. The molecule has 2 rings (SSSR count). The molecule has 0 aliphatic carbocycles. The molecular weight excluding hydrogens is 309 g/mol. The van der Waals surface area contributed by atoms with Crippen LogP contribution in [-0.4, -0.2) is 32.0 Å². The maximum Gasteiger partial charge on any atom is 0.416 e. The number of amides is 2. The van der Waals surface area contributed by atoms with Crippen LogP contribution in [0.1, 0.15) is 12.0 Å².